The van der Waals surface area contributed by atoms with E-state index in [1.807, 2.05) is 19.1 Å². The third kappa shape index (κ3) is 3.79. The zero-order valence-electron chi connectivity index (χ0n) is 17.5. The topological polar surface area (TPSA) is 95.3 Å². The van der Waals surface area contributed by atoms with Crippen molar-refractivity contribution in [1.82, 2.24) is 0 Å². The molecule has 32 heavy (non-hydrogen) atoms. The number of anilines is 1. The van der Waals surface area contributed by atoms with Gasteiger partial charge in [-0.2, -0.15) is 0 Å². The minimum absolute atomic E-state index is 0.0597. The van der Waals surface area contributed by atoms with Crippen LogP contribution in [0.5, 0.6) is 11.5 Å². The molecule has 1 atom stereocenters. The Labute approximate surface area is 183 Å². The fourth-order valence-corrected chi connectivity index (χ4v) is 4.04. The van der Waals surface area contributed by atoms with Crippen LogP contribution < -0.4 is 20.0 Å². The van der Waals surface area contributed by atoms with Crippen LogP contribution in [0.3, 0.4) is 0 Å². The van der Waals surface area contributed by atoms with Crippen molar-refractivity contribution < 1.29 is 28.2 Å². The van der Waals surface area contributed by atoms with E-state index in [1.54, 1.807) is 29.2 Å². The summed E-state index contributed by atoms with van der Waals surface area (Å²) < 4.78 is 21.8. The number of amides is 1. The molecule has 8 nitrogen and oxygen atoms in total. The van der Waals surface area contributed by atoms with Gasteiger partial charge >= 0.3 is 11.6 Å². The van der Waals surface area contributed by atoms with Crippen molar-refractivity contribution in [3.05, 3.63) is 64.0 Å². The SMILES string of the molecule is Cc1ccc2c(COC(=O)[C@H]3CC(=O)N(c4ccc5c(c4)OCCO5)C3)cc(=O)oc2c1. The Balaban J connectivity index is 1.29. The van der Waals surface area contributed by atoms with Crippen molar-refractivity contribution in [2.75, 3.05) is 24.7 Å². The second-order valence-electron chi connectivity index (χ2n) is 7.93. The summed E-state index contributed by atoms with van der Waals surface area (Å²) in [5.74, 6) is -0.0175. The van der Waals surface area contributed by atoms with Crippen LogP contribution in [0.15, 0.2) is 51.7 Å². The highest BCUT2D eigenvalue weighted by molar-refractivity contribution is 5.99. The number of hydrogen-bond acceptors (Lipinski definition) is 7. The lowest BCUT2D eigenvalue weighted by Crippen LogP contribution is -2.26. The number of carbonyl (C=O) groups excluding carboxylic acids is 2. The Kier molecular flexibility index (Phi) is 5.05. The largest absolute Gasteiger partial charge is 0.486 e. The number of carbonyl (C=O) groups is 2. The molecule has 0 spiro atoms. The molecule has 5 rings (SSSR count). The van der Waals surface area contributed by atoms with Gasteiger partial charge in [-0.1, -0.05) is 12.1 Å². The Morgan fingerprint density at radius 2 is 1.88 bits per heavy atom. The summed E-state index contributed by atoms with van der Waals surface area (Å²) in [6.07, 6.45) is 0.0597. The lowest BCUT2D eigenvalue weighted by atomic mass is 10.1. The summed E-state index contributed by atoms with van der Waals surface area (Å²) >= 11 is 0. The lowest BCUT2D eigenvalue weighted by molar-refractivity contribution is -0.149. The minimum Gasteiger partial charge on any atom is -0.486 e. The van der Waals surface area contributed by atoms with Crippen molar-refractivity contribution in [2.45, 2.75) is 20.0 Å². The maximum absolute atomic E-state index is 12.7. The molecule has 1 amide bonds. The van der Waals surface area contributed by atoms with Crippen LogP contribution in [-0.4, -0.2) is 31.6 Å². The van der Waals surface area contributed by atoms with Crippen molar-refractivity contribution in [1.29, 1.82) is 0 Å². The highest BCUT2D eigenvalue weighted by Gasteiger charge is 2.36. The minimum atomic E-state index is -0.593. The first-order valence-electron chi connectivity index (χ1n) is 10.4. The molecular formula is C24H21NO7. The van der Waals surface area contributed by atoms with Gasteiger partial charge in [-0.05, 0) is 30.7 Å². The highest BCUT2D eigenvalue weighted by atomic mass is 16.6. The predicted octanol–water partition coefficient (Wildman–Crippen LogP) is 2.97. The Bertz CT molecular complexity index is 1280. The normalized spacial score (nSPS) is 17.6. The molecule has 0 saturated carbocycles. The van der Waals surface area contributed by atoms with Gasteiger partial charge in [0.2, 0.25) is 5.91 Å². The van der Waals surface area contributed by atoms with Gasteiger partial charge in [-0.25, -0.2) is 4.79 Å². The van der Waals surface area contributed by atoms with E-state index in [-0.39, 0.29) is 25.5 Å². The van der Waals surface area contributed by atoms with Crippen LogP contribution in [0.2, 0.25) is 0 Å². The second-order valence-corrected chi connectivity index (χ2v) is 7.93. The first-order valence-corrected chi connectivity index (χ1v) is 10.4. The quantitative estimate of drug-likeness (QED) is 0.459. The molecule has 2 aliphatic heterocycles. The Hall–Kier alpha value is -3.81. The number of rotatable bonds is 4. The summed E-state index contributed by atoms with van der Waals surface area (Å²) in [6.45, 7) is 2.98. The molecular weight excluding hydrogens is 414 g/mol. The number of nitrogens with zero attached hydrogens (tertiary/aromatic N) is 1. The summed E-state index contributed by atoms with van der Waals surface area (Å²) in [6, 6.07) is 12.1. The third-order valence-corrected chi connectivity index (χ3v) is 5.65. The second kappa shape index (κ2) is 8.03. The first kappa shape index (κ1) is 20.1. The molecule has 8 heteroatoms. The van der Waals surface area contributed by atoms with Crippen molar-refractivity contribution in [3.8, 4) is 11.5 Å². The molecule has 0 unspecified atom stereocenters. The van der Waals surface area contributed by atoms with Gasteiger partial charge in [0, 0.05) is 41.7 Å². The van der Waals surface area contributed by atoms with Crippen LogP contribution in [0.1, 0.15) is 17.5 Å². The Morgan fingerprint density at radius 1 is 1.06 bits per heavy atom. The van der Waals surface area contributed by atoms with E-state index in [9.17, 15) is 14.4 Å². The summed E-state index contributed by atoms with van der Waals surface area (Å²) in [5.41, 5.74) is 2.12. The monoisotopic (exact) mass is 435 g/mol. The predicted molar refractivity (Wildman–Crippen MR) is 115 cm³/mol. The van der Waals surface area contributed by atoms with Crippen LogP contribution in [-0.2, 0) is 20.9 Å². The van der Waals surface area contributed by atoms with Gasteiger partial charge in [0.25, 0.3) is 0 Å². The van der Waals surface area contributed by atoms with Gasteiger partial charge in [-0.15, -0.1) is 0 Å². The molecule has 0 aliphatic carbocycles. The zero-order valence-corrected chi connectivity index (χ0v) is 17.5. The summed E-state index contributed by atoms with van der Waals surface area (Å²) in [4.78, 5) is 38.7. The van der Waals surface area contributed by atoms with E-state index >= 15 is 0 Å². The molecule has 2 aliphatic rings. The maximum Gasteiger partial charge on any atom is 0.336 e. The highest BCUT2D eigenvalue weighted by Crippen LogP contribution is 2.36. The number of hydrogen-bond donors (Lipinski definition) is 0. The maximum atomic E-state index is 12.7. The molecule has 0 N–H and O–H groups in total. The lowest BCUT2D eigenvalue weighted by Gasteiger charge is -2.22. The van der Waals surface area contributed by atoms with Gasteiger partial charge in [0.15, 0.2) is 11.5 Å². The number of fused-ring (bicyclic) bond motifs is 2. The van der Waals surface area contributed by atoms with Gasteiger partial charge in [0.05, 0.1) is 5.92 Å². The van der Waals surface area contributed by atoms with Crippen LogP contribution in [0.4, 0.5) is 5.69 Å². The summed E-state index contributed by atoms with van der Waals surface area (Å²) in [5, 5.41) is 0.711. The van der Waals surface area contributed by atoms with Crippen LogP contribution >= 0.6 is 0 Å². The van der Waals surface area contributed by atoms with E-state index in [2.05, 4.69) is 0 Å². The molecule has 1 saturated heterocycles. The fourth-order valence-electron chi connectivity index (χ4n) is 4.04. The van der Waals surface area contributed by atoms with E-state index in [1.165, 1.54) is 6.07 Å². The standard InChI is InChI=1S/C24H21NO7/c1-14-2-4-18-16(10-23(27)32-20(18)8-14)13-31-24(28)15-9-22(26)25(12-15)17-3-5-19-21(11-17)30-7-6-29-19/h2-5,8,10-11,15H,6-7,9,12-13H2,1H3/t15-/m0/s1. The van der Waals surface area contributed by atoms with Crippen molar-refractivity contribution >= 4 is 28.5 Å². The third-order valence-electron chi connectivity index (χ3n) is 5.65. The molecule has 164 valence electrons. The first-order chi connectivity index (χ1) is 15.5. The van der Waals surface area contributed by atoms with E-state index in [4.69, 9.17) is 18.6 Å². The van der Waals surface area contributed by atoms with Gasteiger partial charge in [-0.3, -0.25) is 9.59 Å². The molecule has 0 bridgehead atoms. The zero-order chi connectivity index (χ0) is 22.2. The number of aryl methyl sites for hydroxylation is 1. The molecule has 2 aromatic carbocycles. The average molecular weight is 435 g/mol. The Morgan fingerprint density at radius 3 is 2.72 bits per heavy atom. The number of ether oxygens (including phenoxy) is 3. The average Bonchev–Trinajstić information content (AvgIpc) is 3.18. The fraction of sp³-hybridized carbons (Fsp3) is 0.292. The van der Waals surface area contributed by atoms with Crippen LogP contribution in [0, 0.1) is 12.8 Å². The number of esters is 1. The van der Waals surface area contributed by atoms with Gasteiger partial charge in [0.1, 0.15) is 25.4 Å². The molecule has 1 aromatic heterocycles. The molecule has 0 radical (unpaired) electrons. The van der Waals surface area contributed by atoms with Gasteiger partial charge < -0.3 is 23.5 Å². The smallest absolute Gasteiger partial charge is 0.336 e. The van der Waals surface area contributed by atoms with Crippen molar-refractivity contribution in [2.24, 2.45) is 5.92 Å². The van der Waals surface area contributed by atoms with Crippen molar-refractivity contribution in [3.63, 3.8) is 0 Å². The molecule has 1 fully saturated rings. The van der Waals surface area contributed by atoms with E-state index in [0.29, 0.717) is 46.9 Å². The van der Waals surface area contributed by atoms with Crippen LogP contribution in [0.25, 0.3) is 11.0 Å². The van der Waals surface area contributed by atoms with E-state index < -0.39 is 17.5 Å². The molecule has 3 aromatic rings. The summed E-state index contributed by atoms with van der Waals surface area (Å²) in [7, 11) is 0. The van der Waals surface area contributed by atoms with E-state index in [0.717, 1.165) is 5.56 Å². The molecule has 3 heterocycles. The number of benzene rings is 2.